The highest BCUT2D eigenvalue weighted by Gasteiger charge is 2.35. The van der Waals surface area contributed by atoms with Gasteiger partial charge in [0, 0.05) is 61.8 Å². The molecule has 1 fully saturated rings. The van der Waals surface area contributed by atoms with Crippen LogP contribution in [0.5, 0.6) is 23.0 Å². The van der Waals surface area contributed by atoms with Crippen LogP contribution in [0.25, 0.3) is 0 Å². The number of nitrogens with two attached hydrogens (primary N) is 1. The Hall–Kier alpha value is -5.03. The van der Waals surface area contributed by atoms with E-state index in [4.69, 9.17) is 24.4 Å². The van der Waals surface area contributed by atoms with Crippen molar-refractivity contribution < 1.29 is 28.5 Å². The van der Waals surface area contributed by atoms with Gasteiger partial charge in [-0.05, 0) is 42.2 Å². The molecular weight excluding hydrogens is 602 g/mol. The highest BCUT2D eigenvalue weighted by molar-refractivity contribution is 5.76. The van der Waals surface area contributed by atoms with Crippen molar-refractivity contribution in [2.45, 2.75) is 44.2 Å². The number of rotatable bonds is 12. The average Bonchev–Trinajstić information content (AvgIpc) is 3.06. The molecule has 11 nitrogen and oxygen atoms in total. The van der Waals surface area contributed by atoms with Gasteiger partial charge in [-0.25, -0.2) is 0 Å². The number of pyridine rings is 1. The zero-order valence-corrected chi connectivity index (χ0v) is 26.5. The molecule has 11 heteroatoms. The van der Waals surface area contributed by atoms with E-state index in [0.29, 0.717) is 48.9 Å². The summed E-state index contributed by atoms with van der Waals surface area (Å²) in [6.07, 6.45) is 1.32. The average molecular weight is 642 g/mol. The van der Waals surface area contributed by atoms with E-state index in [1.165, 1.54) is 13.2 Å². The number of primary amides is 1. The molecule has 2 aliphatic rings. The van der Waals surface area contributed by atoms with Crippen LogP contribution >= 0.6 is 0 Å². The van der Waals surface area contributed by atoms with Gasteiger partial charge in [0.25, 0.3) is 5.56 Å². The Morgan fingerprint density at radius 2 is 1.81 bits per heavy atom. The summed E-state index contributed by atoms with van der Waals surface area (Å²) in [5.74, 6) is 0.127. The van der Waals surface area contributed by atoms with Gasteiger partial charge in [-0.3, -0.25) is 19.3 Å². The van der Waals surface area contributed by atoms with Crippen LogP contribution in [0, 0.1) is 5.92 Å². The number of para-hydroxylation sites is 1. The minimum absolute atomic E-state index is 0.0157. The third-order valence-corrected chi connectivity index (χ3v) is 9.06. The fraction of sp³-hybridized carbons (Fsp3) is 0.361. The minimum atomic E-state index is -0.925. The highest BCUT2D eigenvalue weighted by atomic mass is 16.5. The Balaban J connectivity index is 1.28. The van der Waals surface area contributed by atoms with Gasteiger partial charge in [-0.1, -0.05) is 30.3 Å². The Morgan fingerprint density at radius 3 is 2.55 bits per heavy atom. The normalized spacial score (nSPS) is 17.8. The second-order valence-electron chi connectivity index (χ2n) is 12.2. The summed E-state index contributed by atoms with van der Waals surface area (Å²) in [7, 11) is 3.13. The van der Waals surface area contributed by atoms with Crippen molar-refractivity contribution >= 4 is 5.91 Å². The van der Waals surface area contributed by atoms with Crippen LogP contribution in [0.4, 0.5) is 0 Å². The number of carbonyl (C=O) groups excluding carboxylic acids is 1. The van der Waals surface area contributed by atoms with Gasteiger partial charge in [-0.2, -0.15) is 0 Å². The zero-order valence-electron chi connectivity index (χ0n) is 26.5. The summed E-state index contributed by atoms with van der Waals surface area (Å²) >= 11 is 0. The lowest BCUT2D eigenvalue weighted by molar-refractivity contribution is -0.118. The summed E-state index contributed by atoms with van der Waals surface area (Å²) in [5, 5.41) is 11.0. The number of nitrogens with zero attached hydrogens (tertiary/aromatic N) is 2. The SMILES string of the molecule is COc1ccc(CCOc2c(OC)cccc2C(CC(N)=O)c2oc(CN3C[C@H]4C[C@@H](C3)c3cccc(=O)n3C4)cc(=O)c2O)cc1. The molecule has 4 aromatic rings. The second-order valence-corrected chi connectivity index (χ2v) is 12.2. The molecule has 1 amide bonds. The summed E-state index contributed by atoms with van der Waals surface area (Å²) in [5.41, 5.74) is 7.65. The molecule has 2 aliphatic heterocycles. The summed E-state index contributed by atoms with van der Waals surface area (Å²) in [6.45, 7) is 2.66. The van der Waals surface area contributed by atoms with E-state index < -0.39 is 23.0 Å². The maximum atomic E-state index is 13.2. The van der Waals surface area contributed by atoms with Gasteiger partial charge in [-0.15, -0.1) is 0 Å². The molecule has 0 spiro atoms. The summed E-state index contributed by atoms with van der Waals surface area (Å²) in [4.78, 5) is 40.2. The second kappa shape index (κ2) is 13.8. The molecule has 246 valence electrons. The van der Waals surface area contributed by atoms with Crippen LogP contribution in [0.1, 0.15) is 53.0 Å². The van der Waals surface area contributed by atoms with Crippen molar-refractivity contribution in [3.05, 3.63) is 116 Å². The molecule has 0 saturated carbocycles. The molecule has 0 aliphatic carbocycles. The maximum absolute atomic E-state index is 13.2. The van der Waals surface area contributed by atoms with Gasteiger partial charge in [0.1, 0.15) is 11.5 Å². The topological polar surface area (TPSA) is 146 Å². The number of benzene rings is 2. The number of piperidine rings is 1. The molecule has 3 atom stereocenters. The quantitative estimate of drug-likeness (QED) is 0.236. The molecular formula is C36H39N3O8. The molecule has 0 radical (unpaired) electrons. The molecule has 6 rings (SSSR count). The third kappa shape index (κ3) is 6.90. The molecule has 2 aromatic heterocycles. The van der Waals surface area contributed by atoms with Gasteiger partial charge >= 0.3 is 0 Å². The molecule has 3 N–H and O–H groups in total. The predicted octanol–water partition coefficient (Wildman–Crippen LogP) is 3.77. The zero-order chi connectivity index (χ0) is 33.1. The first-order valence-electron chi connectivity index (χ1n) is 15.7. The molecule has 4 heterocycles. The van der Waals surface area contributed by atoms with Gasteiger partial charge in [0.15, 0.2) is 17.3 Å². The summed E-state index contributed by atoms with van der Waals surface area (Å²) in [6, 6.07) is 19.6. The van der Waals surface area contributed by atoms with Crippen LogP contribution in [0.15, 0.2) is 80.7 Å². The van der Waals surface area contributed by atoms with Gasteiger partial charge in [0.05, 0.1) is 33.3 Å². The van der Waals surface area contributed by atoms with E-state index in [2.05, 4.69) is 4.90 Å². The minimum Gasteiger partial charge on any atom is -0.502 e. The van der Waals surface area contributed by atoms with Crippen LogP contribution in [-0.2, 0) is 24.3 Å². The van der Waals surface area contributed by atoms with Crippen molar-refractivity contribution in [1.82, 2.24) is 9.47 Å². The maximum Gasteiger partial charge on any atom is 0.250 e. The number of aromatic hydroxyl groups is 1. The number of ether oxygens (including phenoxy) is 3. The van der Waals surface area contributed by atoms with Crippen LogP contribution in [-0.4, -0.2) is 54.4 Å². The first-order chi connectivity index (χ1) is 22.7. The molecule has 1 unspecified atom stereocenters. The Morgan fingerprint density at radius 1 is 1.02 bits per heavy atom. The van der Waals surface area contributed by atoms with Gasteiger partial charge in [0.2, 0.25) is 17.1 Å². The number of aromatic nitrogens is 1. The number of amides is 1. The van der Waals surface area contributed by atoms with Crippen LogP contribution < -0.4 is 30.9 Å². The lowest BCUT2D eigenvalue weighted by atomic mass is 9.83. The number of likely N-dealkylation sites (tertiary alicyclic amines) is 1. The Bertz CT molecular complexity index is 1870. The molecule has 2 aromatic carbocycles. The smallest absolute Gasteiger partial charge is 0.250 e. The predicted molar refractivity (Wildman–Crippen MR) is 174 cm³/mol. The molecule has 47 heavy (non-hydrogen) atoms. The van der Waals surface area contributed by atoms with Crippen LogP contribution in [0.3, 0.4) is 0 Å². The van der Waals surface area contributed by atoms with E-state index in [0.717, 1.165) is 30.0 Å². The van der Waals surface area contributed by atoms with Crippen molar-refractivity contribution in [3.63, 3.8) is 0 Å². The first-order valence-corrected chi connectivity index (χ1v) is 15.7. The monoisotopic (exact) mass is 641 g/mol. The first kappa shape index (κ1) is 31.9. The van der Waals surface area contributed by atoms with E-state index in [9.17, 15) is 19.5 Å². The number of fused-ring (bicyclic) bond motifs is 4. The lowest BCUT2D eigenvalue weighted by Crippen LogP contribution is -2.46. The van der Waals surface area contributed by atoms with Crippen molar-refractivity contribution in [2.75, 3.05) is 33.9 Å². The number of hydrogen-bond acceptors (Lipinski definition) is 9. The Labute approximate surface area is 272 Å². The third-order valence-electron chi connectivity index (χ3n) is 9.06. The Kier molecular flexibility index (Phi) is 9.35. The van der Waals surface area contributed by atoms with E-state index in [1.807, 2.05) is 34.9 Å². The number of methoxy groups -OCH3 is 2. The number of hydrogen-bond donors (Lipinski definition) is 2. The largest absolute Gasteiger partial charge is 0.502 e. The van der Waals surface area contributed by atoms with E-state index >= 15 is 0 Å². The van der Waals surface area contributed by atoms with E-state index in [-0.39, 0.29) is 36.2 Å². The van der Waals surface area contributed by atoms with Crippen LogP contribution in [0.2, 0.25) is 0 Å². The standard InChI is InChI=1S/C36H39N3O8/c1-44-25-11-9-22(10-12-25)13-14-46-35-27(5-3-7-31(35)45-2)28(17-32(37)41)36-34(43)30(40)16-26(47-36)21-38-18-23-15-24(20-38)29-6-4-8-33(42)39(29)19-23/h3-12,16,23-24,28,43H,13-15,17-21H2,1-2H3,(H2,37,41)/t23-,24+,28?/m1/s1. The van der Waals surface area contributed by atoms with Crippen molar-refractivity contribution in [2.24, 2.45) is 11.7 Å². The van der Waals surface area contributed by atoms with Gasteiger partial charge < -0.3 is 34.0 Å². The van der Waals surface area contributed by atoms with Crippen molar-refractivity contribution in [3.8, 4) is 23.0 Å². The fourth-order valence-electron chi connectivity index (χ4n) is 6.94. The number of carbonyl (C=O) groups is 1. The van der Waals surface area contributed by atoms with Crippen molar-refractivity contribution in [1.29, 1.82) is 0 Å². The van der Waals surface area contributed by atoms with E-state index in [1.54, 1.807) is 37.4 Å². The molecule has 1 saturated heterocycles. The highest BCUT2D eigenvalue weighted by Crippen LogP contribution is 2.42. The summed E-state index contributed by atoms with van der Waals surface area (Å²) < 4.78 is 25.3. The lowest BCUT2D eigenvalue weighted by Gasteiger charge is -2.42. The fourth-order valence-corrected chi connectivity index (χ4v) is 6.94. The molecule has 2 bridgehead atoms.